The third-order valence-corrected chi connectivity index (χ3v) is 13.1. The van der Waals surface area contributed by atoms with Gasteiger partial charge in [0.2, 0.25) is 15.9 Å². The monoisotopic (exact) mass is 497 g/mol. The molecule has 1 aromatic rings. The van der Waals surface area contributed by atoms with Crippen LogP contribution in [0.4, 0.5) is 11.4 Å². The van der Waals surface area contributed by atoms with Crippen LogP contribution in [0.5, 0.6) is 0 Å². The van der Waals surface area contributed by atoms with Gasteiger partial charge in [-0.25, -0.2) is 13.1 Å². The lowest BCUT2D eigenvalue weighted by Crippen LogP contribution is -2.44. The molecule has 1 heterocycles. The highest BCUT2D eigenvalue weighted by molar-refractivity contribution is 7.90. The van der Waals surface area contributed by atoms with Gasteiger partial charge in [0.1, 0.15) is 0 Å². The number of carbonyl (C=O) groups is 1. The Kier molecular flexibility index (Phi) is 9.56. The van der Waals surface area contributed by atoms with E-state index in [0.717, 1.165) is 30.9 Å². The Hall–Kier alpha value is -1.42. The molecule has 1 amide bonds. The molecular weight excluding hydrogens is 454 g/mol. The summed E-state index contributed by atoms with van der Waals surface area (Å²) < 4.78 is 32.6. The zero-order valence-electron chi connectivity index (χ0n) is 21.4. The molecular formula is C24H43N3O4SSi. The van der Waals surface area contributed by atoms with E-state index in [2.05, 4.69) is 48.8 Å². The summed E-state index contributed by atoms with van der Waals surface area (Å²) in [4.78, 5) is 14.6. The number of nitrogens with zero attached hydrogens (tertiary/aromatic N) is 1. The Bertz CT molecular complexity index is 880. The van der Waals surface area contributed by atoms with E-state index in [1.54, 1.807) is 13.8 Å². The summed E-state index contributed by atoms with van der Waals surface area (Å²) in [6.45, 7) is 16.9. The van der Waals surface area contributed by atoms with Crippen molar-refractivity contribution in [3.8, 4) is 0 Å². The van der Waals surface area contributed by atoms with Gasteiger partial charge in [0.15, 0.2) is 8.32 Å². The van der Waals surface area contributed by atoms with Crippen LogP contribution in [0, 0.1) is 0 Å². The van der Waals surface area contributed by atoms with Crippen LogP contribution in [0.3, 0.4) is 0 Å². The fourth-order valence-corrected chi connectivity index (χ4v) is 5.56. The van der Waals surface area contributed by atoms with Crippen LogP contribution >= 0.6 is 0 Å². The number of benzene rings is 1. The van der Waals surface area contributed by atoms with Gasteiger partial charge in [-0.1, -0.05) is 20.8 Å². The van der Waals surface area contributed by atoms with E-state index in [-0.39, 0.29) is 17.0 Å². The molecule has 2 N–H and O–H groups in total. The predicted octanol–water partition coefficient (Wildman–Crippen LogP) is 4.72. The summed E-state index contributed by atoms with van der Waals surface area (Å²) in [5.74, 6) is -0.0570. The second kappa shape index (κ2) is 11.3. The van der Waals surface area contributed by atoms with E-state index in [9.17, 15) is 13.2 Å². The Morgan fingerprint density at radius 2 is 1.82 bits per heavy atom. The highest BCUT2D eigenvalue weighted by Crippen LogP contribution is 2.38. The van der Waals surface area contributed by atoms with Gasteiger partial charge in [0.25, 0.3) is 0 Å². The van der Waals surface area contributed by atoms with Gasteiger partial charge in [-0.05, 0) is 75.5 Å². The fraction of sp³-hybridized carbons (Fsp3) is 0.708. The van der Waals surface area contributed by atoms with Gasteiger partial charge in [-0.2, -0.15) is 0 Å². The molecule has 9 heteroatoms. The second-order valence-corrected chi connectivity index (χ2v) is 17.9. The Morgan fingerprint density at radius 3 is 2.39 bits per heavy atom. The fourth-order valence-electron chi connectivity index (χ4n) is 3.42. The average Bonchev–Trinajstić information content (AvgIpc) is 3.15. The minimum Gasteiger partial charge on any atom is -0.412 e. The highest BCUT2D eigenvalue weighted by Gasteiger charge is 2.40. The molecule has 1 aromatic carbocycles. The summed E-state index contributed by atoms with van der Waals surface area (Å²) in [5, 5.41) is 2.69. The Labute approximate surface area is 201 Å². The lowest BCUT2D eigenvalue weighted by atomic mass is 10.2. The molecule has 1 aliphatic rings. The summed E-state index contributed by atoms with van der Waals surface area (Å²) >= 11 is 0. The number of hydrogen-bond acceptors (Lipinski definition) is 5. The van der Waals surface area contributed by atoms with Crippen molar-refractivity contribution in [3.63, 3.8) is 0 Å². The molecule has 1 saturated heterocycles. The van der Waals surface area contributed by atoms with Crippen molar-refractivity contribution < 1.29 is 17.6 Å². The first-order valence-corrected chi connectivity index (χ1v) is 16.5. The Morgan fingerprint density at radius 1 is 1.18 bits per heavy atom. The number of sulfonamides is 1. The first-order valence-electron chi connectivity index (χ1n) is 12.0. The van der Waals surface area contributed by atoms with Gasteiger partial charge in [0.05, 0.1) is 11.4 Å². The average molecular weight is 498 g/mol. The SMILES string of the molecule is CC(C)S(=O)(=O)NCCCCC(=O)Nc1ccc(N2CCC(O[Si](C)(C)C(C)(C)C)C2)cc1. The van der Waals surface area contributed by atoms with E-state index in [0.29, 0.717) is 25.8 Å². The van der Waals surface area contributed by atoms with Gasteiger partial charge >= 0.3 is 0 Å². The van der Waals surface area contributed by atoms with Crippen LogP contribution in [0.1, 0.15) is 60.3 Å². The van der Waals surface area contributed by atoms with Gasteiger partial charge in [0, 0.05) is 37.4 Å². The normalized spacial score (nSPS) is 17.6. The second-order valence-electron chi connectivity index (χ2n) is 10.8. The molecule has 0 aromatic heterocycles. The van der Waals surface area contributed by atoms with Crippen LogP contribution in [0.25, 0.3) is 0 Å². The first-order chi connectivity index (χ1) is 15.2. The molecule has 0 aliphatic carbocycles. The van der Waals surface area contributed by atoms with E-state index < -0.39 is 23.6 Å². The molecule has 33 heavy (non-hydrogen) atoms. The molecule has 2 rings (SSSR count). The third-order valence-electron chi connectivity index (χ3n) is 6.68. The van der Waals surface area contributed by atoms with Crippen LogP contribution in [0.2, 0.25) is 18.1 Å². The van der Waals surface area contributed by atoms with Crippen LogP contribution < -0.4 is 14.9 Å². The van der Waals surface area contributed by atoms with E-state index in [1.807, 2.05) is 24.3 Å². The number of unbranched alkanes of at least 4 members (excludes halogenated alkanes) is 1. The number of amides is 1. The number of nitrogens with one attached hydrogen (secondary N) is 2. The van der Waals surface area contributed by atoms with Crippen molar-refractivity contribution in [2.75, 3.05) is 29.9 Å². The van der Waals surface area contributed by atoms with Crippen LogP contribution in [0.15, 0.2) is 24.3 Å². The van der Waals surface area contributed by atoms with Gasteiger partial charge in [-0.15, -0.1) is 0 Å². The molecule has 1 aliphatic heterocycles. The van der Waals surface area contributed by atoms with Gasteiger partial charge < -0.3 is 14.6 Å². The third kappa shape index (κ3) is 8.38. The summed E-state index contributed by atoms with van der Waals surface area (Å²) in [6.07, 6.45) is 2.94. The van der Waals surface area contributed by atoms with Gasteiger partial charge in [-0.3, -0.25) is 4.79 Å². The molecule has 1 atom stereocenters. The van der Waals surface area contributed by atoms with Crippen molar-refractivity contribution in [2.24, 2.45) is 0 Å². The summed E-state index contributed by atoms with van der Waals surface area (Å²) in [7, 11) is -5.01. The number of carbonyl (C=O) groups excluding carboxylic acids is 1. The molecule has 188 valence electrons. The maximum absolute atomic E-state index is 12.2. The molecule has 0 spiro atoms. The van der Waals surface area contributed by atoms with Crippen LogP contribution in [-0.4, -0.2) is 53.6 Å². The van der Waals surface area contributed by atoms with E-state index in [4.69, 9.17) is 4.43 Å². The number of rotatable bonds is 11. The molecule has 1 fully saturated rings. The number of hydrogen-bond donors (Lipinski definition) is 2. The Balaban J connectivity index is 1.75. The minimum absolute atomic E-state index is 0.0570. The first kappa shape index (κ1) is 27.8. The highest BCUT2D eigenvalue weighted by atomic mass is 32.2. The lowest BCUT2D eigenvalue weighted by Gasteiger charge is -2.38. The van der Waals surface area contributed by atoms with Crippen LogP contribution in [-0.2, 0) is 19.2 Å². The van der Waals surface area contributed by atoms with Crippen molar-refractivity contribution in [1.82, 2.24) is 4.72 Å². The zero-order chi connectivity index (χ0) is 24.9. The topological polar surface area (TPSA) is 87.7 Å². The molecule has 7 nitrogen and oxygen atoms in total. The van der Waals surface area contributed by atoms with E-state index >= 15 is 0 Å². The number of anilines is 2. The standard InChI is InChI=1S/C24H43N3O4SSi/c1-19(2)32(29,30)25-16-9-8-10-23(28)26-20-11-13-21(14-12-20)27-17-15-22(18-27)31-33(6,7)24(3,4)5/h11-14,19,22,25H,8-10,15-18H2,1-7H3,(H,26,28). The summed E-state index contributed by atoms with van der Waals surface area (Å²) in [6, 6.07) is 7.97. The molecule has 1 unspecified atom stereocenters. The van der Waals surface area contributed by atoms with Crippen molar-refractivity contribution in [3.05, 3.63) is 24.3 Å². The molecule has 0 saturated carbocycles. The van der Waals surface area contributed by atoms with Crippen molar-refractivity contribution in [2.45, 2.75) is 89.8 Å². The zero-order valence-corrected chi connectivity index (χ0v) is 23.2. The molecule has 0 radical (unpaired) electrons. The largest absolute Gasteiger partial charge is 0.412 e. The quantitative estimate of drug-likeness (QED) is 0.341. The van der Waals surface area contributed by atoms with E-state index in [1.165, 1.54) is 0 Å². The van der Waals surface area contributed by atoms with Crippen molar-refractivity contribution >= 4 is 35.6 Å². The van der Waals surface area contributed by atoms with Crippen molar-refractivity contribution in [1.29, 1.82) is 0 Å². The smallest absolute Gasteiger partial charge is 0.224 e. The lowest BCUT2D eigenvalue weighted by molar-refractivity contribution is -0.116. The maximum atomic E-state index is 12.2. The minimum atomic E-state index is -3.24. The molecule has 0 bridgehead atoms. The maximum Gasteiger partial charge on any atom is 0.224 e. The summed E-state index contributed by atoms with van der Waals surface area (Å²) in [5.41, 5.74) is 1.92. The predicted molar refractivity (Wildman–Crippen MR) is 140 cm³/mol.